The number of nitrogens with two attached hydrogens (primary N) is 1. The minimum Gasteiger partial charge on any atom is -0.398 e. The van der Waals surface area contributed by atoms with Gasteiger partial charge in [0.15, 0.2) is 0 Å². The van der Waals surface area contributed by atoms with E-state index in [1.54, 1.807) is 18.0 Å². The molecule has 3 nitrogen and oxygen atoms in total. The summed E-state index contributed by atoms with van der Waals surface area (Å²) in [6.45, 7) is 0. The molecule has 0 aliphatic heterocycles. The topological polar surface area (TPSA) is 50.9 Å². The number of rotatable bonds is 3. The molecule has 1 aromatic heterocycles. The lowest BCUT2D eigenvalue weighted by molar-refractivity contribution is 1.37. The van der Waals surface area contributed by atoms with Crippen molar-refractivity contribution in [2.45, 2.75) is 4.90 Å². The number of halogens is 1. The molecule has 0 unspecified atom stereocenters. The highest BCUT2D eigenvalue weighted by Crippen LogP contribution is 2.33. The van der Waals surface area contributed by atoms with Gasteiger partial charge in [0.2, 0.25) is 0 Å². The molecule has 0 saturated carbocycles. The quantitative estimate of drug-likeness (QED) is 0.507. The highest BCUT2D eigenvalue weighted by atomic mass is 79.9. The fourth-order valence-electron chi connectivity index (χ4n) is 2.21. The molecular weight excluding hydrogens is 346 g/mol. The van der Waals surface area contributed by atoms with Crippen LogP contribution in [0.2, 0.25) is 0 Å². The van der Waals surface area contributed by atoms with Crippen LogP contribution in [0.15, 0.2) is 58.0 Å². The summed E-state index contributed by atoms with van der Waals surface area (Å²) >= 11 is 5.15. The first kappa shape index (κ1) is 14.2. The molecule has 0 spiro atoms. The number of para-hydroxylation sites is 1. The highest BCUT2D eigenvalue weighted by molar-refractivity contribution is 9.10. The van der Waals surface area contributed by atoms with Gasteiger partial charge in [0.1, 0.15) is 0 Å². The predicted molar refractivity (Wildman–Crippen MR) is 95.4 cm³/mol. The molecular formula is C16H14BrN3S. The number of anilines is 3. The van der Waals surface area contributed by atoms with Crippen molar-refractivity contribution in [1.82, 2.24) is 4.98 Å². The first-order valence-corrected chi connectivity index (χ1v) is 8.44. The molecule has 3 N–H and O–H groups in total. The van der Waals surface area contributed by atoms with Crippen LogP contribution in [0, 0.1) is 0 Å². The van der Waals surface area contributed by atoms with E-state index in [4.69, 9.17) is 5.73 Å². The van der Waals surface area contributed by atoms with Crippen LogP contribution in [0.5, 0.6) is 0 Å². The maximum atomic E-state index is 6.05. The Labute approximate surface area is 136 Å². The fraction of sp³-hybridized carbons (Fsp3) is 0.0625. The zero-order valence-corrected chi connectivity index (χ0v) is 13.8. The van der Waals surface area contributed by atoms with Gasteiger partial charge in [0.05, 0.1) is 16.9 Å². The third-order valence-electron chi connectivity index (χ3n) is 3.23. The van der Waals surface area contributed by atoms with E-state index in [9.17, 15) is 0 Å². The monoisotopic (exact) mass is 359 g/mol. The van der Waals surface area contributed by atoms with E-state index >= 15 is 0 Å². The van der Waals surface area contributed by atoms with Crippen LogP contribution < -0.4 is 11.1 Å². The summed E-state index contributed by atoms with van der Waals surface area (Å²) in [7, 11) is 0. The van der Waals surface area contributed by atoms with Gasteiger partial charge >= 0.3 is 0 Å². The summed E-state index contributed by atoms with van der Waals surface area (Å²) in [6.07, 6.45) is 3.85. The second-order valence-corrected chi connectivity index (χ2v) is 6.34. The third kappa shape index (κ3) is 2.84. The summed E-state index contributed by atoms with van der Waals surface area (Å²) in [5, 5.41) is 4.40. The lowest BCUT2D eigenvalue weighted by Gasteiger charge is -2.13. The SMILES string of the molecule is CSc1ccccc1Nc1ccc(N)c2cc(Br)cnc12. The number of hydrogen-bond acceptors (Lipinski definition) is 4. The van der Waals surface area contributed by atoms with Gasteiger partial charge in [0, 0.05) is 26.6 Å². The predicted octanol–water partition coefficient (Wildman–Crippen LogP) is 5.05. The Morgan fingerprint density at radius 3 is 2.76 bits per heavy atom. The minimum atomic E-state index is 0.725. The maximum Gasteiger partial charge on any atom is 0.0958 e. The van der Waals surface area contributed by atoms with E-state index < -0.39 is 0 Å². The van der Waals surface area contributed by atoms with Crippen LogP contribution in [0.25, 0.3) is 10.9 Å². The smallest absolute Gasteiger partial charge is 0.0958 e. The van der Waals surface area contributed by atoms with Crippen LogP contribution in [0.3, 0.4) is 0 Å². The van der Waals surface area contributed by atoms with Crippen LogP contribution in [-0.4, -0.2) is 11.2 Å². The Hall–Kier alpha value is -1.72. The van der Waals surface area contributed by atoms with Crippen LogP contribution in [-0.2, 0) is 0 Å². The molecule has 2 aromatic carbocycles. The zero-order chi connectivity index (χ0) is 14.8. The Kier molecular flexibility index (Phi) is 4.03. The van der Waals surface area contributed by atoms with E-state index in [1.807, 2.05) is 30.3 Å². The number of benzene rings is 2. The van der Waals surface area contributed by atoms with Gasteiger partial charge in [-0.05, 0) is 52.5 Å². The summed E-state index contributed by atoms with van der Waals surface area (Å²) in [6, 6.07) is 14.1. The van der Waals surface area contributed by atoms with E-state index in [2.05, 4.69) is 44.6 Å². The molecule has 0 aliphatic carbocycles. The van der Waals surface area contributed by atoms with Crippen molar-refractivity contribution in [3.05, 3.63) is 53.1 Å². The van der Waals surface area contributed by atoms with Crippen molar-refractivity contribution >= 4 is 55.7 Å². The molecule has 3 aromatic rings. The Bertz CT molecular complexity index is 805. The van der Waals surface area contributed by atoms with E-state index in [0.29, 0.717) is 0 Å². The lowest BCUT2D eigenvalue weighted by atomic mass is 10.1. The van der Waals surface area contributed by atoms with Gasteiger partial charge in [-0.3, -0.25) is 4.98 Å². The van der Waals surface area contributed by atoms with Gasteiger partial charge in [-0.1, -0.05) is 12.1 Å². The Morgan fingerprint density at radius 1 is 1.14 bits per heavy atom. The number of aromatic nitrogens is 1. The molecule has 0 aliphatic rings. The number of thioether (sulfide) groups is 1. The average molecular weight is 360 g/mol. The van der Waals surface area contributed by atoms with Crippen molar-refractivity contribution in [2.75, 3.05) is 17.3 Å². The Balaban J connectivity index is 2.11. The number of pyridine rings is 1. The minimum absolute atomic E-state index is 0.725. The molecule has 0 saturated heterocycles. The maximum absolute atomic E-state index is 6.05. The van der Waals surface area contributed by atoms with Gasteiger partial charge < -0.3 is 11.1 Å². The first-order chi connectivity index (χ1) is 10.2. The normalized spacial score (nSPS) is 10.8. The average Bonchev–Trinajstić information content (AvgIpc) is 2.51. The summed E-state index contributed by atoms with van der Waals surface area (Å²) < 4.78 is 0.920. The van der Waals surface area contributed by atoms with Crippen molar-refractivity contribution in [1.29, 1.82) is 0 Å². The van der Waals surface area contributed by atoms with E-state index in [1.165, 1.54) is 4.90 Å². The van der Waals surface area contributed by atoms with Crippen molar-refractivity contribution in [2.24, 2.45) is 0 Å². The molecule has 0 bridgehead atoms. The number of nitrogens with one attached hydrogen (secondary N) is 1. The zero-order valence-electron chi connectivity index (χ0n) is 11.4. The molecule has 106 valence electrons. The summed E-state index contributed by atoms with van der Waals surface area (Å²) in [5.41, 5.74) is 9.67. The molecule has 21 heavy (non-hydrogen) atoms. The van der Waals surface area contributed by atoms with Crippen LogP contribution in [0.1, 0.15) is 0 Å². The fourth-order valence-corrected chi connectivity index (χ4v) is 3.09. The lowest BCUT2D eigenvalue weighted by Crippen LogP contribution is -1.97. The van der Waals surface area contributed by atoms with Crippen LogP contribution in [0.4, 0.5) is 17.1 Å². The molecule has 0 radical (unpaired) electrons. The molecule has 3 rings (SSSR count). The molecule has 0 atom stereocenters. The first-order valence-electron chi connectivity index (χ1n) is 6.43. The second kappa shape index (κ2) is 5.95. The third-order valence-corrected chi connectivity index (χ3v) is 4.46. The molecule has 1 heterocycles. The summed E-state index contributed by atoms with van der Waals surface area (Å²) in [5.74, 6) is 0. The molecule has 0 amide bonds. The number of nitrogen functional groups attached to an aromatic ring is 1. The number of nitrogens with zero attached hydrogens (tertiary/aromatic N) is 1. The summed E-state index contributed by atoms with van der Waals surface area (Å²) in [4.78, 5) is 5.69. The highest BCUT2D eigenvalue weighted by Gasteiger charge is 2.08. The molecule has 0 fully saturated rings. The Morgan fingerprint density at radius 2 is 1.95 bits per heavy atom. The van der Waals surface area contributed by atoms with E-state index in [-0.39, 0.29) is 0 Å². The van der Waals surface area contributed by atoms with Crippen molar-refractivity contribution < 1.29 is 0 Å². The van der Waals surface area contributed by atoms with Crippen molar-refractivity contribution in [3.8, 4) is 0 Å². The van der Waals surface area contributed by atoms with Gasteiger partial charge in [0.25, 0.3) is 0 Å². The largest absolute Gasteiger partial charge is 0.398 e. The van der Waals surface area contributed by atoms with Crippen molar-refractivity contribution in [3.63, 3.8) is 0 Å². The standard InChI is InChI=1S/C16H14BrN3S/c1-21-15-5-3-2-4-13(15)20-14-7-6-12(18)11-8-10(17)9-19-16(11)14/h2-9,20H,18H2,1H3. The molecule has 5 heteroatoms. The number of fused-ring (bicyclic) bond motifs is 1. The van der Waals surface area contributed by atoms with E-state index in [0.717, 1.165) is 32.4 Å². The second-order valence-electron chi connectivity index (χ2n) is 4.58. The van der Waals surface area contributed by atoms with Gasteiger partial charge in [-0.15, -0.1) is 11.8 Å². The number of hydrogen-bond donors (Lipinski definition) is 2. The van der Waals surface area contributed by atoms with Gasteiger partial charge in [-0.25, -0.2) is 0 Å². The van der Waals surface area contributed by atoms with Gasteiger partial charge in [-0.2, -0.15) is 0 Å². The van der Waals surface area contributed by atoms with Crippen LogP contribution >= 0.6 is 27.7 Å².